The van der Waals surface area contributed by atoms with Crippen LogP contribution in [-0.2, 0) is 26.2 Å². The lowest BCUT2D eigenvalue weighted by molar-refractivity contribution is -0.139. The molecule has 10 heteroatoms. The molecular weight excluding hydrogens is 546 g/mol. The second-order valence-electron chi connectivity index (χ2n) is 7.93. The Morgan fingerprint density at radius 2 is 1.58 bits per heavy atom. The summed E-state index contributed by atoms with van der Waals surface area (Å²) in [5.41, 5.74) is 1.01. The Bertz CT molecular complexity index is 1300. The highest BCUT2D eigenvalue weighted by atomic mass is 79.9. The average Bonchev–Trinajstić information content (AvgIpc) is 2.90. The Morgan fingerprint density at radius 3 is 2.19 bits per heavy atom. The van der Waals surface area contributed by atoms with Gasteiger partial charge in [-0.05, 0) is 48.9 Å². The van der Waals surface area contributed by atoms with Gasteiger partial charge >= 0.3 is 0 Å². The molecule has 0 bridgehead atoms. The van der Waals surface area contributed by atoms with Crippen molar-refractivity contribution in [2.75, 3.05) is 25.0 Å². The summed E-state index contributed by atoms with van der Waals surface area (Å²) in [6, 6.07) is 21.0. The summed E-state index contributed by atoms with van der Waals surface area (Å²) in [5, 5.41) is 2.56. The lowest BCUT2D eigenvalue weighted by Crippen LogP contribution is -2.50. The third-order valence-corrected chi connectivity index (χ3v) is 7.95. The third-order valence-electron chi connectivity index (χ3n) is 5.64. The maximum Gasteiger partial charge on any atom is 0.264 e. The van der Waals surface area contributed by atoms with Crippen molar-refractivity contribution in [1.82, 2.24) is 10.2 Å². The monoisotopic (exact) mass is 573 g/mol. The predicted molar refractivity (Wildman–Crippen MR) is 142 cm³/mol. The van der Waals surface area contributed by atoms with E-state index >= 15 is 0 Å². The van der Waals surface area contributed by atoms with Crippen LogP contribution < -0.4 is 14.4 Å². The second kappa shape index (κ2) is 12.0. The van der Waals surface area contributed by atoms with Crippen LogP contribution in [0.2, 0.25) is 0 Å². The molecule has 3 rings (SSSR count). The van der Waals surface area contributed by atoms with Gasteiger partial charge in [0.25, 0.3) is 10.0 Å². The number of methoxy groups -OCH3 is 1. The number of rotatable bonds is 10. The minimum atomic E-state index is -4.15. The number of carbonyl (C=O) groups is 2. The van der Waals surface area contributed by atoms with Gasteiger partial charge < -0.3 is 15.0 Å². The van der Waals surface area contributed by atoms with Crippen LogP contribution in [0.25, 0.3) is 0 Å². The Morgan fingerprint density at radius 1 is 0.972 bits per heavy atom. The van der Waals surface area contributed by atoms with E-state index in [0.29, 0.717) is 5.75 Å². The molecule has 0 aliphatic heterocycles. The zero-order chi connectivity index (χ0) is 26.3. The van der Waals surface area contributed by atoms with Crippen molar-refractivity contribution in [3.8, 4) is 5.75 Å². The number of halogens is 1. The van der Waals surface area contributed by atoms with Crippen LogP contribution in [0.4, 0.5) is 5.69 Å². The molecule has 0 saturated heterocycles. The number of hydrogen-bond acceptors (Lipinski definition) is 5. The predicted octanol–water partition coefficient (Wildman–Crippen LogP) is 3.82. The van der Waals surface area contributed by atoms with Gasteiger partial charge in [0.05, 0.1) is 17.7 Å². The number of hydrogen-bond donors (Lipinski definition) is 1. The van der Waals surface area contributed by atoms with Crippen LogP contribution in [0.5, 0.6) is 5.75 Å². The number of benzene rings is 3. The summed E-state index contributed by atoms with van der Waals surface area (Å²) in [5.74, 6) is -0.613. The highest BCUT2D eigenvalue weighted by Crippen LogP contribution is 2.32. The van der Waals surface area contributed by atoms with Crippen LogP contribution in [0.15, 0.2) is 88.2 Å². The summed E-state index contributed by atoms with van der Waals surface area (Å²) >= 11 is 3.39. The van der Waals surface area contributed by atoms with Gasteiger partial charge in [-0.2, -0.15) is 0 Å². The number of anilines is 1. The zero-order valence-electron chi connectivity index (χ0n) is 20.2. The molecule has 0 fully saturated rings. The highest BCUT2D eigenvalue weighted by molar-refractivity contribution is 9.10. The van der Waals surface area contributed by atoms with Crippen molar-refractivity contribution in [3.05, 3.63) is 88.9 Å². The molecule has 0 saturated carbocycles. The van der Waals surface area contributed by atoms with Gasteiger partial charge in [-0.25, -0.2) is 8.42 Å². The van der Waals surface area contributed by atoms with Gasteiger partial charge in [0, 0.05) is 18.1 Å². The van der Waals surface area contributed by atoms with Crippen molar-refractivity contribution in [1.29, 1.82) is 0 Å². The van der Waals surface area contributed by atoms with E-state index in [4.69, 9.17) is 4.74 Å². The number of likely N-dealkylation sites (N-methyl/N-ethyl adjacent to an activating group) is 1. The van der Waals surface area contributed by atoms with Crippen LogP contribution in [0.3, 0.4) is 0 Å². The molecule has 1 unspecified atom stereocenters. The van der Waals surface area contributed by atoms with E-state index < -0.39 is 28.5 Å². The van der Waals surface area contributed by atoms with Crippen LogP contribution in [0.1, 0.15) is 12.5 Å². The molecule has 0 heterocycles. The van der Waals surface area contributed by atoms with Crippen LogP contribution >= 0.6 is 15.9 Å². The van der Waals surface area contributed by atoms with Gasteiger partial charge in [0.1, 0.15) is 18.3 Å². The summed E-state index contributed by atoms with van der Waals surface area (Å²) in [7, 11) is -1.23. The molecule has 1 atom stereocenters. The van der Waals surface area contributed by atoms with Gasteiger partial charge in [-0.1, -0.05) is 58.4 Å². The largest absolute Gasteiger partial charge is 0.495 e. The lowest BCUT2D eigenvalue weighted by Gasteiger charge is -2.32. The molecule has 0 spiro atoms. The number of para-hydroxylation sites is 2. The standard InChI is InChI=1S/C26H28BrN3O5S/c1-19(26(32)28-2)29(17-20-13-15-21(27)16-14-20)25(31)18-30(23-11-7-8-12-24(23)35-3)36(33,34)22-9-5-4-6-10-22/h4-16,19H,17-18H2,1-3H3,(H,28,32). The first kappa shape index (κ1) is 27.2. The van der Waals surface area contributed by atoms with E-state index in [1.165, 1.54) is 31.2 Å². The first-order valence-corrected chi connectivity index (χ1v) is 13.4. The summed E-state index contributed by atoms with van der Waals surface area (Å²) in [6.45, 7) is 1.19. The van der Waals surface area contributed by atoms with Gasteiger partial charge in [-0.3, -0.25) is 13.9 Å². The number of nitrogens with one attached hydrogen (secondary N) is 1. The molecule has 36 heavy (non-hydrogen) atoms. The molecule has 0 aromatic heterocycles. The zero-order valence-corrected chi connectivity index (χ0v) is 22.6. The SMILES string of the molecule is CNC(=O)C(C)N(Cc1ccc(Br)cc1)C(=O)CN(c1ccccc1OC)S(=O)(=O)c1ccccc1. The second-order valence-corrected chi connectivity index (χ2v) is 10.7. The maximum atomic E-state index is 13.7. The topological polar surface area (TPSA) is 96.0 Å². The number of carbonyl (C=O) groups excluding carboxylic acids is 2. The van der Waals surface area contributed by atoms with E-state index in [9.17, 15) is 18.0 Å². The quantitative estimate of drug-likeness (QED) is 0.398. The molecule has 8 nitrogen and oxygen atoms in total. The molecule has 0 aliphatic rings. The molecule has 2 amide bonds. The Labute approximate surface area is 220 Å². The molecule has 3 aromatic rings. The van der Waals surface area contributed by atoms with Gasteiger partial charge in [-0.15, -0.1) is 0 Å². The van der Waals surface area contributed by atoms with Crippen molar-refractivity contribution in [2.45, 2.75) is 24.4 Å². The van der Waals surface area contributed by atoms with E-state index in [-0.39, 0.29) is 23.0 Å². The number of nitrogens with zero attached hydrogens (tertiary/aromatic N) is 2. The summed E-state index contributed by atoms with van der Waals surface area (Å²) in [6.07, 6.45) is 0. The maximum absolute atomic E-state index is 13.7. The molecule has 1 N–H and O–H groups in total. The number of sulfonamides is 1. The molecule has 190 valence electrons. The Hall–Kier alpha value is -3.37. The smallest absolute Gasteiger partial charge is 0.264 e. The fraction of sp³-hybridized carbons (Fsp3) is 0.231. The summed E-state index contributed by atoms with van der Waals surface area (Å²) < 4.78 is 34.8. The highest BCUT2D eigenvalue weighted by Gasteiger charge is 2.33. The minimum absolute atomic E-state index is 0.0301. The van der Waals surface area contributed by atoms with Crippen molar-refractivity contribution < 1.29 is 22.7 Å². The van der Waals surface area contributed by atoms with Gasteiger partial charge in [0.15, 0.2) is 0 Å². The Kier molecular flexibility index (Phi) is 9.11. The van der Waals surface area contributed by atoms with Crippen molar-refractivity contribution in [3.63, 3.8) is 0 Å². The van der Waals surface area contributed by atoms with Crippen molar-refractivity contribution >= 4 is 43.5 Å². The first-order chi connectivity index (χ1) is 17.2. The lowest BCUT2D eigenvalue weighted by atomic mass is 10.1. The average molecular weight is 574 g/mol. The normalized spacial score (nSPS) is 11.9. The van der Waals surface area contributed by atoms with Crippen LogP contribution in [-0.4, -0.2) is 51.9 Å². The Balaban J connectivity index is 2.05. The third kappa shape index (κ3) is 6.24. The van der Waals surface area contributed by atoms with Crippen LogP contribution in [0, 0.1) is 0 Å². The molecule has 0 aliphatic carbocycles. The minimum Gasteiger partial charge on any atom is -0.495 e. The summed E-state index contributed by atoms with van der Waals surface area (Å²) in [4.78, 5) is 27.6. The number of amides is 2. The first-order valence-electron chi connectivity index (χ1n) is 11.2. The van der Waals surface area contributed by atoms with E-state index in [1.54, 1.807) is 49.4 Å². The van der Waals surface area contributed by atoms with E-state index in [1.807, 2.05) is 24.3 Å². The van der Waals surface area contributed by atoms with Gasteiger partial charge in [0.2, 0.25) is 11.8 Å². The fourth-order valence-corrected chi connectivity index (χ4v) is 5.36. The van der Waals surface area contributed by atoms with E-state index in [0.717, 1.165) is 14.3 Å². The number of ether oxygens (including phenoxy) is 1. The molecule has 3 aromatic carbocycles. The fourth-order valence-electron chi connectivity index (χ4n) is 3.65. The van der Waals surface area contributed by atoms with E-state index in [2.05, 4.69) is 21.2 Å². The van der Waals surface area contributed by atoms with Crippen molar-refractivity contribution in [2.24, 2.45) is 0 Å². The molecule has 0 radical (unpaired) electrons. The molecular formula is C26H28BrN3O5S.